The molecule has 0 heterocycles. The van der Waals surface area contributed by atoms with Crippen molar-refractivity contribution in [3.63, 3.8) is 0 Å². The SMILES string of the molecule is C=C[C@@H](CCCCCO)ON(Cc1ccccc1)Cc1ccccc1. The van der Waals surface area contributed by atoms with Crippen LogP contribution in [0.5, 0.6) is 0 Å². The van der Waals surface area contributed by atoms with Crippen molar-refractivity contribution in [2.24, 2.45) is 0 Å². The minimum atomic E-state index is -0.00822. The van der Waals surface area contributed by atoms with E-state index in [0.29, 0.717) is 0 Å². The van der Waals surface area contributed by atoms with Crippen molar-refractivity contribution in [2.75, 3.05) is 6.61 Å². The van der Waals surface area contributed by atoms with Gasteiger partial charge in [0.2, 0.25) is 0 Å². The zero-order valence-corrected chi connectivity index (χ0v) is 14.9. The Kier molecular flexibility index (Phi) is 8.98. The Labute approximate surface area is 151 Å². The fourth-order valence-corrected chi connectivity index (χ4v) is 2.74. The van der Waals surface area contributed by atoms with Crippen molar-refractivity contribution in [2.45, 2.75) is 44.9 Å². The number of benzene rings is 2. The molecule has 0 aliphatic rings. The lowest BCUT2D eigenvalue weighted by Crippen LogP contribution is -2.28. The first-order chi connectivity index (χ1) is 12.3. The van der Waals surface area contributed by atoms with Gasteiger partial charge in [0.1, 0.15) is 0 Å². The maximum atomic E-state index is 8.90. The van der Waals surface area contributed by atoms with E-state index >= 15 is 0 Å². The van der Waals surface area contributed by atoms with Gasteiger partial charge in [0, 0.05) is 19.7 Å². The molecular formula is C22H29NO2. The third kappa shape index (κ3) is 7.65. The summed E-state index contributed by atoms with van der Waals surface area (Å²) in [6, 6.07) is 20.7. The van der Waals surface area contributed by atoms with Gasteiger partial charge >= 0.3 is 0 Å². The molecule has 2 aromatic carbocycles. The fraction of sp³-hybridized carbons (Fsp3) is 0.364. The average molecular weight is 339 g/mol. The fourth-order valence-electron chi connectivity index (χ4n) is 2.74. The predicted molar refractivity (Wildman–Crippen MR) is 103 cm³/mol. The number of hydroxylamine groups is 2. The first-order valence-electron chi connectivity index (χ1n) is 9.05. The molecule has 0 saturated carbocycles. The molecule has 25 heavy (non-hydrogen) atoms. The molecule has 1 N–H and O–H groups in total. The lowest BCUT2D eigenvalue weighted by atomic mass is 10.1. The minimum absolute atomic E-state index is 0.00822. The monoisotopic (exact) mass is 339 g/mol. The van der Waals surface area contributed by atoms with E-state index in [9.17, 15) is 0 Å². The summed E-state index contributed by atoms with van der Waals surface area (Å²) < 4.78 is 0. The molecular weight excluding hydrogens is 310 g/mol. The highest BCUT2D eigenvalue weighted by atomic mass is 16.7. The lowest BCUT2D eigenvalue weighted by molar-refractivity contribution is -0.199. The van der Waals surface area contributed by atoms with Gasteiger partial charge in [-0.05, 0) is 24.0 Å². The molecule has 3 heteroatoms. The second-order valence-corrected chi connectivity index (χ2v) is 6.22. The van der Waals surface area contributed by atoms with E-state index in [1.165, 1.54) is 11.1 Å². The standard InChI is InChI=1S/C22H29NO2/c1-2-22(16-10-5-11-17-24)25-23(18-20-12-6-3-7-13-20)19-21-14-8-4-9-15-21/h2-4,6-9,12-15,22,24H,1,5,10-11,16-19H2/t22-/m0/s1. The van der Waals surface area contributed by atoms with Crippen LogP contribution in [0.15, 0.2) is 73.3 Å². The van der Waals surface area contributed by atoms with Crippen LogP contribution in [0.1, 0.15) is 36.8 Å². The summed E-state index contributed by atoms with van der Waals surface area (Å²) in [5.74, 6) is 0. The Balaban J connectivity index is 1.98. The molecule has 0 saturated heterocycles. The largest absolute Gasteiger partial charge is 0.396 e. The van der Waals surface area contributed by atoms with Crippen molar-refractivity contribution in [3.05, 3.63) is 84.4 Å². The summed E-state index contributed by atoms with van der Waals surface area (Å²) in [6.45, 7) is 5.65. The van der Waals surface area contributed by atoms with Gasteiger partial charge < -0.3 is 5.11 Å². The van der Waals surface area contributed by atoms with Crippen molar-refractivity contribution in [1.82, 2.24) is 5.06 Å². The second kappa shape index (κ2) is 11.6. The molecule has 0 aliphatic heterocycles. The Hall–Kier alpha value is -1.94. The van der Waals surface area contributed by atoms with Crippen LogP contribution in [-0.2, 0) is 17.9 Å². The van der Waals surface area contributed by atoms with Gasteiger partial charge in [-0.25, -0.2) is 0 Å². The van der Waals surface area contributed by atoms with Gasteiger partial charge in [-0.3, -0.25) is 4.84 Å². The number of rotatable bonds is 12. The molecule has 0 unspecified atom stereocenters. The zero-order chi connectivity index (χ0) is 17.7. The van der Waals surface area contributed by atoms with Gasteiger partial charge in [0.05, 0.1) is 6.10 Å². The smallest absolute Gasteiger partial charge is 0.0971 e. The number of hydrogen-bond acceptors (Lipinski definition) is 3. The van der Waals surface area contributed by atoms with Crippen molar-refractivity contribution >= 4 is 0 Å². The van der Waals surface area contributed by atoms with Crippen LogP contribution in [0.25, 0.3) is 0 Å². The molecule has 0 spiro atoms. The molecule has 0 bridgehead atoms. The minimum Gasteiger partial charge on any atom is -0.396 e. The van der Waals surface area contributed by atoms with E-state index in [2.05, 4.69) is 55.1 Å². The average Bonchev–Trinajstić information content (AvgIpc) is 2.66. The second-order valence-electron chi connectivity index (χ2n) is 6.22. The van der Waals surface area contributed by atoms with Gasteiger partial charge in [0.25, 0.3) is 0 Å². The van der Waals surface area contributed by atoms with E-state index in [-0.39, 0.29) is 12.7 Å². The van der Waals surface area contributed by atoms with Gasteiger partial charge in [-0.15, -0.1) is 6.58 Å². The van der Waals surface area contributed by atoms with E-state index in [1.54, 1.807) is 0 Å². The van der Waals surface area contributed by atoms with Gasteiger partial charge in [0.15, 0.2) is 0 Å². The molecule has 0 aromatic heterocycles. The Bertz CT molecular complexity index is 544. The normalized spacial score (nSPS) is 12.2. The summed E-state index contributed by atoms with van der Waals surface area (Å²) in [5, 5.41) is 10.9. The van der Waals surface area contributed by atoms with Crippen molar-refractivity contribution in [1.29, 1.82) is 0 Å². The van der Waals surface area contributed by atoms with Crippen LogP contribution < -0.4 is 0 Å². The first kappa shape index (κ1) is 19.4. The van der Waals surface area contributed by atoms with E-state index in [4.69, 9.17) is 9.94 Å². The molecule has 0 amide bonds. The Morgan fingerprint density at radius 2 is 1.44 bits per heavy atom. The first-order valence-corrected chi connectivity index (χ1v) is 9.05. The number of unbranched alkanes of at least 4 members (excludes halogenated alkanes) is 2. The maximum absolute atomic E-state index is 8.90. The highest BCUT2D eigenvalue weighted by molar-refractivity contribution is 5.16. The van der Waals surface area contributed by atoms with E-state index in [1.807, 2.05) is 23.3 Å². The Morgan fingerprint density at radius 1 is 0.880 bits per heavy atom. The van der Waals surface area contributed by atoms with E-state index in [0.717, 1.165) is 38.8 Å². The van der Waals surface area contributed by atoms with Crippen LogP contribution in [0.2, 0.25) is 0 Å². The molecule has 0 radical (unpaired) electrons. The number of nitrogens with zero attached hydrogens (tertiary/aromatic N) is 1. The Morgan fingerprint density at radius 3 is 1.92 bits per heavy atom. The summed E-state index contributed by atoms with van der Waals surface area (Å²) in [6.07, 6.45) is 5.68. The molecule has 134 valence electrons. The highest BCUT2D eigenvalue weighted by Gasteiger charge is 2.13. The van der Waals surface area contributed by atoms with Crippen LogP contribution >= 0.6 is 0 Å². The molecule has 2 aromatic rings. The van der Waals surface area contributed by atoms with E-state index < -0.39 is 0 Å². The van der Waals surface area contributed by atoms with Crippen LogP contribution in [-0.4, -0.2) is 22.9 Å². The van der Waals surface area contributed by atoms with Gasteiger partial charge in [-0.1, -0.05) is 79.6 Å². The van der Waals surface area contributed by atoms with Crippen molar-refractivity contribution in [3.8, 4) is 0 Å². The van der Waals surface area contributed by atoms with Crippen LogP contribution in [0, 0.1) is 0 Å². The zero-order valence-electron chi connectivity index (χ0n) is 14.9. The summed E-state index contributed by atoms with van der Waals surface area (Å²) in [4.78, 5) is 6.24. The summed E-state index contributed by atoms with van der Waals surface area (Å²) in [7, 11) is 0. The number of aliphatic hydroxyl groups excluding tert-OH is 1. The molecule has 0 aliphatic carbocycles. The molecule has 0 fully saturated rings. The topological polar surface area (TPSA) is 32.7 Å². The van der Waals surface area contributed by atoms with Crippen LogP contribution in [0.3, 0.4) is 0 Å². The molecule has 3 nitrogen and oxygen atoms in total. The number of hydrogen-bond donors (Lipinski definition) is 1. The predicted octanol–water partition coefficient (Wildman–Crippen LogP) is 4.73. The quantitative estimate of drug-likeness (QED) is 0.345. The third-order valence-corrected chi connectivity index (χ3v) is 4.10. The molecule has 1 atom stereocenters. The lowest BCUT2D eigenvalue weighted by Gasteiger charge is -2.26. The van der Waals surface area contributed by atoms with Crippen molar-refractivity contribution < 1.29 is 9.94 Å². The van der Waals surface area contributed by atoms with Gasteiger partial charge in [-0.2, -0.15) is 5.06 Å². The number of aliphatic hydroxyl groups is 1. The summed E-state index contributed by atoms with van der Waals surface area (Å²) >= 11 is 0. The maximum Gasteiger partial charge on any atom is 0.0971 e. The highest BCUT2D eigenvalue weighted by Crippen LogP contribution is 2.15. The third-order valence-electron chi connectivity index (χ3n) is 4.10. The molecule has 2 rings (SSSR count). The van der Waals surface area contributed by atoms with Crippen LogP contribution in [0.4, 0.5) is 0 Å². The summed E-state index contributed by atoms with van der Waals surface area (Å²) in [5.41, 5.74) is 2.45.